The van der Waals surface area contributed by atoms with Crippen LogP contribution in [0.5, 0.6) is 5.75 Å². The van der Waals surface area contributed by atoms with Gasteiger partial charge in [0.25, 0.3) is 0 Å². The van der Waals surface area contributed by atoms with Crippen molar-refractivity contribution in [2.75, 3.05) is 11.9 Å². The van der Waals surface area contributed by atoms with E-state index in [0.717, 1.165) is 42.0 Å². The second-order valence-electron chi connectivity index (χ2n) is 10.7. The van der Waals surface area contributed by atoms with Gasteiger partial charge in [-0.2, -0.15) is 0 Å². The number of carboxylic acids is 2. The normalized spacial score (nSPS) is 16.3. The number of carbonyl (C=O) groups is 2. The van der Waals surface area contributed by atoms with Gasteiger partial charge in [-0.05, 0) is 61.9 Å². The molecule has 1 aliphatic rings. The minimum atomic E-state index is -1.82. The molecule has 8 nitrogen and oxygen atoms in total. The Bertz CT molecular complexity index is 1230. The Kier molecular flexibility index (Phi) is 10.1. The van der Waals surface area contributed by atoms with E-state index in [1.807, 2.05) is 30.3 Å². The van der Waals surface area contributed by atoms with Crippen LogP contribution >= 0.6 is 0 Å². The lowest BCUT2D eigenvalue weighted by Crippen LogP contribution is -2.48. The summed E-state index contributed by atoms with van der Waals surface area (Å²) in [6.45, 7) is 7.74. The Hall–Kier alpha value is -3.88. The molecule has 2 atom stereocenters. The van der Waals surface area contributed by atoms with E-state index in [9.17, 15) is 5.11 Å². The van der Waals surface area contributed by atoms with Crippen LogP contribution in [0.2, 0.25) is 0 Å². The predicted octanol–water partition coefficient (Wildman–Crippen LogP) is 4.79. The van der Waals surface area contributed by atoms with Crippen molar-refractivity contribution in [2.24, 2.45) is 0 Å². The van der Waals surface area contributed by atoms with Gasteiger partial charge in [0.2, 0.25) is 0 Å². The Morgan fingerprint density at radius 3 is 2.03 bits per heavy atom. The van der Waals surface area contributed by atoms with Gasteiger partial charge in [0.15, 0.2) is 0 Å². The molecule has 4 N–H and O–H groups in total. The zero-order valence-corrected chi connectivity index (χ0v) is 22.9. The smallest absolute Gasteiger partial charge is 0.414 e. The van der Waals surface area contributed by atoms with Crippen molar-refractivity contribution in [1.82, 2.24) is 5.32 Å². The third-order valence-electron chi connectivity index (χ3n) is 6.37. The summed E-state index contributed by atoms with van der Waals surface area (Å²) in [4.78, 5) is 20.5. The lowest BCUT2D eigenvalue weighted by atomic mass is 9.83. The monoisotopic (exact) mass is 534 g/mol. The quantitative estimate of drug-likeness (QED) is 0.320. The Labute approximate surface area is 229 Å². The predicted molar refractivity (Wildman–Crippen MR) is 151 cm³/mol. The summed E-state index contributed by atoms with van der Waals surface area (Å²) in [5.41, 5.74) is 5.62. The number of carboxylic acid groups (broad SMARTS) is 2. The topological polar surface area (TPSA) is 119 Å². The molecule has 0 radical (unpaired) electrons. The Morgan fingerprint density at radius 2 is 1.49 bits per heavy atom. The second-order valence-corrected chi connectivity index (χ2v) is 10.7. The van der Waals surface area contributed by atoms with Crippen molar-refractivity contribution in [3.05, 3.63) is 95.1 Å². The van der Waals surface area contributed by atoms with Crippen LogP contribution in [-0.2, 0) is 29.2 Å². The summed E-state index contributed by atoms with van der Waals surface area (Å²) in [5.74, 6) is -2.78. The average Bonchev–Trinajstić information content (AvgIpc) is 2.89. The molecule has 0 unspecified atom stereocenters. The molecule has 208 valence electrons. The van der Waals surface area contributed by atoms with Crippen LogP contribution in [-0.4, -0.2) is 45.9 Å². The molecule has 0 aromatic heterocycles. The third-order valence-corrected chi connectivity index (χ3v) is 6.37. The number of fused-ring (bicyclic) bond motifs is 1. The van der Waals surface area contributed by atoms with Crippen LogP contribution in [0.3, 0.4) is 0 Å². The van der Waals surface area contributed by atoms with Crippen molar-refractivity contribution in [3.8, 4) is 5.75 Å². The number of nitrogens with zero attached hydrogens (tertiary/aromatic N) is 1. The van der Waals surface area contributed by atoms with E-state index < -0.39 is 18.0 Å². The number of ether oxygens (including phenoxy) is 1. The average molecular weight is 535 g/mol. The van der Waals surface area contributed by atoms with Crippen LogP contribution < -0.4 is 15.0 Å². The van der Waals surface area contributed by atoms with Gasteiger partial charge in [-0.1, -0.05) is 66.7 Å². The molecule has 3 aromatic rings. The molecule has 0 saturated carbocycles. The van der Waals surface area contributed by atoms with Crippen LogP contribution in [0, 0.1) is 0 Å². The first-order valence-electron chi connectivity index (χ1n) is 13.0. The largest absolute Gasteiger partial charge is 0.487 e. The molecule has 0 spiro atoms. The minimum Gasteiger partial charge on any atom is -0.487 e. The van der Waals surface area contributed by atoms with Gasteiger partial charge < -0.3 is 30.3 Å². The summed E-state index contributed by atoms with van der Waals surface area (Å²) in [5, 5.41) is 29.6. The number of aliphatic hydroxyl groups is 1. The first-order chi connectivity index (χ1) is 18.5. The molecule has 4 rings (SSSR count). The molecule has 0 bridgehead atoms. The number of benzene rings is 3. The summed E-state index contributed by atoms with van der Waals surface area (Å²) < 4.78 is 6.35. The molecular formula is C31H38N2O6. The van der Waals surface area contributed by atoms with Crippen LogP contribution in [0.25, 0.3) is 0 Å². The van der Waals surface area contributed by atoms with E-state index in [-0.39, 0.29) is 11.6 Å². The fourth-order valence-electron chi connectivity index (χ4n) is 4.76. The molecule has 0 amide bonds. The van der Waals surface area contributed by atoms with Gasteiger partial charge in [-0.3, -0.25) is 0 Å². The Morgan fingerprint density at radius 1 is 0.923 bits per heavy atom. The van der Waals surface area contributed by atoms with Crippen molar-refractivity contribution >= 4 is 17.6 Å². The highest BCUT2D eigenvalue weighted by Gasteiger charge is 2.33. The number of anilines is 1. The van der Waals surface area contributed by atoms with Gasteiger partial charge in [0.05, 0.1) is 11.8 Å². The number of hydrogen-bond acceptors (Lipinski definition) is 6. The van der Waals surface area contributed by atoms with E-state index in [2.05, 4.69) is 80.5 Å². The second kappa shape index (κ2) is 13.3. The van der Waals surface area contributed by atoms with Gasteiger partial charge in [-0.15, -0.1) is 0 Å². The van der Waals surface area contributed by atoms with E-state index in [1.165, 1.54) is 11.1 Å². The van der Waals surface area contributed by atoms with Gasteiger partial charge in [0.1, 0.15) is 12.4 Å². The van der Waals surface area contributed by atoms with E-state index in [0.29, 0.717) is 6.61 Å². The fourth-order valence-corrected chi connectivity index (χ4v) is 4.76. The number of hydrogen-bond donors (Lipinski definition) is 4. The van der Waals surface area contributed by atoms with E-state index in [4.69, 9.17) is 24.5 Å². The molecule has 0 saturated heterocycles. The van der Waals surface area contributed by atoms with Crippen molar-refractivity contribution in [3.63, 3.8) is 0 Å². The van der Waals surface area contributed by atoms with Gasteiger partial charge in [0, 0.05) is 25.2 Å². The van der Waals surface area contributed by atoms with Crippen LogP contribution in [0.15, 0.2) is 72.8 Å². The highest BCUT2D eigenvalue weighted by atomic mass is 16.5. The van der Waals surface area contributed by atoms with Crippen molar-refractivity contribution in [1.29, 1.82) is 0 Å². The molecule has 0 fully saturated rings. The minimum absolute atomic E-state index is 0.0425. The Balaban J connectivity index is 0.000000631. The number of nitrogens with one attached hydrogen (secondary N) is 1. The van der Waals surface area contributed by atoms with Gasteiger partial charge >= 0.3 is 11.9 Å². The zero-order valence-electron chi connectivity index (χ0n) is 22.9. The maximum absolute atomic E-state index is 11.3. The molecule has 0 heterocycles. The third kappa shape index (κ3) is 8.56. The highest BCUT2D eigenvalue weighted by Crippen LogP contribution is 2.42. The molecule has 1 aliphatic carbocycles. The lowest BCUT2D eigenvalue weighted by Gasteiger charge is -2.38. The van der Waals surface area contributed by atoms with Crippen molar-refractivity contribution < 1.29 is 29.6 Å². The zero-order chi connectivity index (χ0) is 28.6. The summed E-state index contributed by atoms with van der Waals surface area (Å²) >= 11 is 0. The van der Waals surface area contributed by atoms with Gasteiger partial charge in [-0.25, -0.2) is 9.59 Å². The molecular weight excluding hydrogens is 496 g/mol. The first kappa shape index (κ1) is 29.7. The summed E-state index contributed by atoms with van der Waals surface area (Å²) in [6.07, 6.45) is 1.25. The fraction of sp³-hybridized carbons (Fsp3) is 0.355. The standard InChI is InChI=1S/C29H36N2O2.C2H2O4/c1-29(2,3)30-25-17-15-23-24(28(25)32)16-18-26(33-20-22-13-9-6-10-14-22)27(23)31(4)19-21-11-7-5-8-12-21;3-1(4)2(5)6/h5-14,16,18,25,28,30,32H,15,17,19-20H2,1-4H3;(H,3,4)(H,5,6)/t25-,28-;/m0./s1. The maximum Gasteiger partial charge on any atom is 0.414 e. The van der Waals surface area contributed by atoms with E-state index >= 15 is 0 Å². The molecule has 0 aliphatic heterocycles. The molecule has 3 aromatic carbocycles. The van der Waals surface area contributed by atoms with Crippen LogP contribution in [0.4, 0.5) is 5.69 Å². The number of aliphatic carboxylic acids is 2. The highest BCUT2D eigenvalue weighted by molar-refractivity contribution is 6.27. The number of rotatable bonds is 7. The lowest BCUT2D eigenvalue weighted by molar-refractivity contribution is -0.159. The molecule has 39 heavy (non-hydrogen) atoms. The van der Waals surface area contributed by atoms with Crippen LogP contribution in [0.1, 0.15) is 55.5 Å². The summed E-state index contributed by atoms with van der Waals surface area (Å²) in [6, 6.07) is 24.9. The van der Waals surface area contributed by atoms with E-state index in [1.54, 1.807) is 0 Å². The summed E-state index contributed by atoms with van der Waals surface area (Å²) in [7, 11) is 2.11. The first-order valence-corrected chi connectivity index (χ1v) is 13.0. The number of aliphatic hydroxyl groups excluding tert-OH is 1. The molecule has 8 heteroatoms. The van der Waals surface area contributed by atoms with Crippen molar-refractivity contribution in [2.45, 2.75) is 64.4 Å². The maximum atomic E-state index is 11.3. The SMILES string of the molecule is CN(Cc1ccccc1)c1c(OCc2ccccc2)ccc2c1CC[C@H](NC(C)(C)C)[C@H]2O.O=C(O)C(=O)O.